The summed E-state index contributed by atoms with van der Waals surface area (Å²) in [5.74, 6) is 1.59. The van der Waals surface area contributed by atoms with Gasteiger partial charge in [-0.15, -0.1) is 0 Å². The van der Waals surface area contributed by atoms with Crippen molar-refractivity contribution in [3.63, 3.8) is 0 Å². The number of anilines is 1. The summed E-state index contributed by atoms with van der Waals surface area (Å²) in [6, 6.07) is 4.35. The highest BCUT2D eigenvalue weighted by molar-refractivity contribution is 5.91. The average molecular weight is 300 g/mol. The Morgan fingerprint density at radius 1 is 1.05 bits per heavy atom. The monoisotopic (exact) mass is 300 g/mol. The van der Waals surface area contributed by atoms with Crippen molar-refractivity contribution >= 4 is 11.7 Å². The van der Waals surface area contributed by atoms with E-state index in [2.05, 4.69) is 38.2 Å². The maximum Gasteiger partial charge on any atom is 0.321 e. The third kappa shape index (κ3) is 3.13. The number of piperidine rings is 1. The number of rotatable bonds is 1. The van der Waals surface area contributed by atoms with Crippen molar-refractivity contribution in [2.24, 2.45) is 11.8 Å². The van der Waals surface area contributed by atoms with Crippen LogP contribution < -0.4 is 5.32 Å². The molecule has 2 fully saturated rings. The molecule has 22 heavy (non-hydrogen) atoms. The quantitative estimate of drug-likeness (QED) is 0.804. The van der Waals surface area contributed by atoms with Crippen LogP contribution in [0, 0.1) is 32.6 Å². The van der Waals surface area contributed by atoms with Crippen molar-refractivity contribution in [3.8, 4) is 0 Å². The molecular formula is C19H28N2O. The molecule has 3 nitrogen and oxygen atoms in total. The van der Waals surface area contributed by atoms with Crippen LogP contribution in [0.4, 0.5) is 10.5 Å². The summed E-state index contributed by atoms with van der Waals surface area (Å²) in [5.41, 5.74) is 4.54. The van der Waals surface area contributed by atoms with E-state index in [1.54, 1.807) is 0 Å². The number of aryl methyl sites for hydroxylation is 3. The summed E-state index contributed by atoms with van der Waals surface area (Å²) in [7, 11) is 0. The number of fused-ring (bicyclic) bond motifs is 1. The zero-order valence-electron chi connectivity index (χ0n) is 14.1. The lowest BCUT2D eigenvalue weighted by Gasteiger charge is -2.41. The van der Waals surface area contributed by atoms with Crippen molar-refractivity contribution in [1.29, 1.82) is 0 Å². The summed E-state index contributed by atoms with van der Waals surface area (Å²) in [6.07, 6.45) is 6.58. The predicted molar refractivity (Wildman–Crippen MR) is 91.3 cm³/mol. The number of urea groups is 1. The standard InChI is InChI=1S/C19H28N2O/c1-13-10-14(2)18(15(3)11-13)20-19(22)21-9-8-16-6-4-5-7-17(16)12-21/h10-11,16-17H,4-9,12H2,1-3H3,(H,20,22)/t16-,17+/m1/s1. The van der Waals surface area contributed by atoms with Gasteiger partial charge in [0.15, 0.2) is 0 Å². The van der Waals surface area contributed by atoms with Gasteiger partial charge in [-0.25, -0.2) is 4.79 Å². The van der Waals surface area contributed by atoms with Gasteiger partial charge in [-0.05, 0) is 56.6 Å². The second-order valence-electron chi connectivity index (χ2n) is 7.24. The molecule has 1 aromatic rings. The molecule has 1 aromatic carbocycles. The topological polar surface area (TPSA) is 32.3 Å². The first-order chi connectivity index (χ1) is 10.5. The van der Waals surface area contributed by atoms with Gasteiger partial charge in [-0.1, -0.05) is 37.0 Å². The van der Waals surface area contributed by atoms with Gasteiger partial charge in [0.2, 0.25) is 0 Å². The van der Waals surface area contributed by atoms with Gasteiger partial charge in [0.1, 0.15) is 0 Å². The minimum Gasteiger partial charge on any atom is -0.324 e. The van der Waals surface area contributed by atoms with Gasteiger partial charge in [0.25, 0.3) is 0 Å². The van der Waals surface area contributed by atoms with Crippen molar-refractivity contribution in [2.45, 2.75) is 52.9 Å². The van der Waals surface area contributed by atoms with Crippen molar-refractivity contribution in [2.75, 3.05) is 18.4 Å². The molecule has 3 heteroatoms. The Balaban J connectivity index is 1.67. The van der Waals surface area contributed by atoms with Gasteiger partial charge < -0.3 is 10.2 Å². The molecule has 1 aliphatic carbocycles. The number of likely N-dealkylation sites (tertiary alicyclic amines) is 1. The Bertz CT molecular complexity index is 544. The SMILES string of the molecule is Cc1cc(C)c(NC(=O)N2CC[C@H]3CCCC[C@H]3C2)c(C)c1. The van der Waals surface area contributed by atoms with Crippen LogP contribution in [0.2, 0.25) is 0 Å². The molecule has 1 N–H and O–H groups in total. The van der Waals surface area contributed by atoms with E-state index in [4.69, 9.17) is 0 Å². The number of nitrogens with zero attached hydrogens (tertiary/aromatic N) is 1. The van der Waals surface area contributed by atoms with Crippen molar-refractivity contribution in [3.05, 3.63) is 28.8 Å². The summed E-state index contributed by atoms with van der Waals surface area (Å²) < 4.78 is 0. The number of hydrogen-bond acceptors (Lipinski definition) is 1. The molecule has 0 unspecified atom stereocenters. The first-order valence-corrected chi connectivity index (χ1v) is 8.68. The second-order valence-corrected chi connectivity index (χ2v) is 7.24. The molecule has 1 saturated heterocycles. The maximum absolute atomic E-state index is 12.6. The normalized spacial score (nSPS) is 24.8. The summed E-state index contributed by atoms with van der Waals surface area (Å²) >= 11 is 0. The first-order valence-electron chi connectivity index (χ1n) is 8.68. The van der Waals surface area contributed by atoms with E-state index in [1.165, 1.54) is 37.7 Å². The van der Waals surface area contributed by atoms with E-state index in [0.717, 1.165) is 41.7 Å². The van der Waals surface area contributed by atoms with E-state index in [9.17, 15) is 4.79 Å². The van der Waals surface area contributed by atoms with Crippen molar-refractivity contribution < 1.29 is 4.79 Å². The Hall–Kier alpha value is -1.51. The van der Waals surface area contributed by atoms with Gasteiger partial charge >= 0.3 is 6.03 Å². The largest absolute Gasteiger partial charge is 0.324 e. The van der Waals surface area contributed by atoms with Crippen LogP contribution in [-0.4, -0.2) is 24.0 Å². The number of carbonyl (C=O) groups excluding carboxylic acids is 1. The van der Waals surface area contributed by atoms with Crippen LogP contribution in [0.1, 0.15) is 48.8 Å². The van der Waals surface area contributed by atoms with Gasteiger partial charge in [0.05, 0.1) is 0 Å². The second kappa shape index (κ2) is 6.31. The van der Waals surface area contributed by atoms with Crippen LogP contribution in [0.3, 0.4) is 0 Å². The molecule has 2 atom stereocenters. The number of carbonyl (C=O) groups is 1. The van der Waals surface area contributed by atoms with E-state index in [0.29, 0.717) is 0 Å². The van der Waals surface area contributed by atoms with Crippen molar-refractivity contribution in [1.82, 2.24) is 4.90 Å². The highest BCUT2D eigenvalue weighted by atomic mass is 16.2. The van der Waals surface area contributed by atoms with Gasteiger partial charge in [-0.3, -0.25) is 0 Å². The van der Waals surface area contributed by atoms with Crippen LogP contribution >= 0.6 is 0 Å². The third-order valence-electron chi connectivity index (χ3n) is 5.49. The first kappa shape index (κ1) is 15.4. The van der Waals surface area contributed by atoms with Crippen LogP contribution in [-0.2, 0) is 0 Å². The van der Waals surface area contributed by atoms with E-state index in [1.807, 2.05) is 4.90 Å². The lowest BCUT2D eigenvalue weighted by molar-refractivity contribution is 0.108. The Labute approximate surface area is 134 Å². The van der Waals surface area contributed by atoms with Crippen LogP contribution in [0.15, 0.2) is 12.1 Å². The van der Waals surface area contributed by atoms with E-state index >= 15 is 0 Å². The molecule has 0 bridgehead atoms. The fourth-order valence-corrected chi connectivity index (χ4v) is 4.35. The molecule has 2 amide bonds. The summed E-state index contributed by atoms with van der Waals surface area (Å²) in [5, 5.41) is 3.16. The lowest BCUT2D eigenvalue weighted by Crippen LogP contribution is -2.46. The van der Waals surface area contributed by atoms with Crippen LogP contribution in [0.25, 0.3) is 0 Å². The van der Waals surface area contributed by atoms with Gasteiger partial charge in [0, 0.05) is 18.8 Å². The van der Waals surface area contributed by atoms with Gasteiger partial charge in [-0.2, -0.15) is 0 Å². The van der Waals surface area contributed by atoms with E-state index in [-0.39, 0.29) is 6.03 Å². The Kier molecular flexibility index (Phi) is 4.42. The summed E-state index contributed by atoms with van der Waals surface area (Å²) in [4.78, 5) is 14.7. The van der Waals surface area contributed by atoms with Crippen LogP contribution in [0.5, 0.6) is 0 Å². The number of nitrogens with one attached hydrogen (secondary N) is 1. The molecule has 1 saturated carbocycles. The molecule has 120 valence electrons. The highest BCUT2D eigenvalue weighted by Gasteiger charge is 2.33. The average Bonchev–Trinajstić information content (AvgIpc) is 2.50. The smallest absolute Gasteiger partial charge is 0.321 e. The molecule has 2 aliphatic rings. The fraction of sp³-hybridized carbons (Fsp3) is 0.632. The zero-order chi connectivity index (χ0) is 15.7. The predicted octanol–water partition coefficient (Wildman–Crippen LogP) is 4.66. The highest BCUT2D eigenvalue weighted by Crippen LogP contribution is 2.36. The number of benzene rings is 1. The molecule has 0 radical (unpaired) electrons. The minimum absolute atomic E-state index is 0.0825. The molecular weight excluding hydrogens is 272 g/mol. The Morgan fingerprint density at radius 2 is 1.68 bits per heavy atom. The maximum atomic E-state index is 12.6. The summed E-state index contributed by atoms with van der Waals surface area (Å²) in [6.45, 7) is 8.10. The Morgan fingerprint density at radius 3 is 2.36 bits per heavy atom. The van der Waals surface area contributed by atoms with E-state index < -0.39 is 0 Å². The third-order valence-corrected chi connectivity index (χ3v) is 5.49. The molecule has 3 rings (SSSR count). The number of hydrogen-bond donors (Lipinski definition) is 1. The zero-order valence-corrected chi connectivity index (χ0v) is 14.1. The molecule has 1 aliphatic heterocycles. The fourth-order valence-electron chi connectivity index (χ4n) is 4.35. The minimum atomic E-state index is 0.0825. The molecule has 0 aromatic heterocycles. The number of amides is 2. The molecule has 0 spiro atoms. The molecule has 1 heterocycles. The lowest BCUT2D eigenvalue weighted by atomic mass is 9.75.